The van der Waals surface area contributed by atoms with Gasteiger partial charge in [-0.05, 0) is 6.26 Å². The molecule has 0 atom stereocenters. The van der Waals surface area contributed by atoms with Crippen LogP contribution in [0.25, 0.3) is 0 Å². The normalized spacial score (nSPS) is 9.86. The lowest BCUT2D eigenvalue weighted by molar-refractivity contribution is 0.0697. The van der Waals surface area contributed by atoms with Gasteiger partial charge in [-0.2, -0.15) is 11.8 Å². The van der Waals surface area contributed by atoms with Gasteiger partial charge in [0.15, 0.2) is 11.5 Å². The summed E-state index contributed by atoms with van der Waals surface area (Å²) in [6, 6.07) is 2.24. The molecule has 7 nitrogen and oxygen atoms in total. The van der Waals surface area contributed by atoms with Crippen LogP contribution < -0.4 is 20.1 Å². The van der Waals surface area contributed by atoms with Crippen LogP contribution in [0.3, 0.4) is 0 Å². The Hall–Kier alpha value is -2.09. The summed E-state index contributed by atoms with van der Waals surface area (Å²) in [7, 11) is 2.84. The SMILES string of the molecule is COc1cc(NC(=O)NCCSC)c(C(=O)O)cc1OC. The Balaban J connectivity index is 2.98. The second-order valence-corrected chi connectivity index (χ2v) is 4.92. The third kappa shape index (κ3) is 4.75. The molecule has 0 aliphatic carbocycles. The molecule has 1 aromatic carbocycles. The van der Waals surface area contributed by atoms with Crippen molar-refractivity contribution in [2.75, 3.05) is 38.1 Å². The number of benzene rings is 1. The molecule has 0 spiro atoms. The minimum atomic E-state index is -1.17. The first kappa shape index (κ1) is 17.0. The highest BCUT2D eigenvalue weighted by atomic mass is 32.2. The van der Waals surface area contributed by atoms with E-state index in [1.807, 2.05) is 6.26 Å². The molecule has 2 amide bonds. The highest BCUT2D eigenvalue weighted by molar-refractivity contribution is 7.98. The number of carbonyl (C=O) groups excluding carboxylic acids is 1. The molecule has 21 heavy (non-hydrogen) atoms. The van der Waals surface area contributed by atoms with E-state index >= 15 is 0 Å². The van der Waals surface area contributed by atoms with E-state index < -0.39 is 12.0 Å². The Kier molecular flexibility index (Phi) is 6.67. The average molecular weight is 314 g/mol. The van der Waals surface area contributed by atoms with Gasteiger partial charge in [0.1, 0.15) is 0 Å². The van der Waals surface area contributed by atoms with Crippen LogP contribution in [0.1, 0.15) is 10.4 Å². The molecule has 0 radical (unpaired) electrons. The van der Waals surface area contributed by atoms with Gasteiger partial charge in [-0.15, -0.1) is 0 Å². The summed E-state index contributed by atoms with van der Waals surface area (Å²) in [5.74, 6) is 0.214. The lowest BCUT2D eigenvalue weighted by atomic mass is 10.1. The number of hydrogen-bond acceptors (Lipinski definition) is 5. The van der Waals surface area contributed by atoms with Crippen molar-refractivity contribution in [1.82, 2.24) is 5.32 Å². The molecule has 1 aromatic rings. The standard InChI is InChI=1S/C13H18N2O5S/c1-19-10-6-8(12(16)17)9(7-11(10)20-2)15-13(18)14-4-5-21-3/h6-7H,4-5H2,1-3H3,(H,16,17)(H2,14,15,18). The van der Waals surface area contributed by atoms with E-state index in [0.29, 0.717) is 12.3 Å². The predicted octanol–water partition coefficient (Wildman–Crippen LogP) is 1.89. The fourth-order valence-corrected chi connectivity index (χ4v) is 1.90. The van der Waals surface area contributed by atoms with Gasteiger partial charge in [-0.25, -0.2) is 9.59 Å². The molecule has 0 unspecified atom stereocenters. The maximum Gasteiger partial charge on any atom is 0.337 e. The number of aromatic carboxylic acids is 1. The fraction of sp³-hybridized carbons (Fsp3) is 0.385. The van der Waals surface area contributed by atoms with Crippen molar-refractivity contribution >= 4 is 29.4 Å². The lowest BCUT2D eigenvalue weighted by Gasteiger charge is -2.14. The number of anilines is 1. The summed E-state index contributed by atoms with van der Waals surface area (Å²) in [5.41, 5.74) is 0.0643. The number of rotatable bonds is 7. The number of methoxy groups -OCH3 is 2. The highest BCUT2D eigenvalue weighted by Crippen LogP contribution is 2.33. The first-order valence-corrected chi connectivity index (χ1v) is 7.46. The predicted molar refractivity (Wildman–Crippen MR) is 81.9 cm³/mol. The van der Waals surface area contributed by atoms with Crippen LogP contribution in [0.4, 0.5) is 10.5 Å². The summed E-state index contributed by atoms with van der Waals surface area (Å²) in [5, 5.41) is 14.3. The number of carboxylic acid groups (broad SMARTS) is 1. The van der Waals surface area contributed by atoms with Crippen molar-refractivity contribution in [2.45, 2.75) is 0 Å². The van der Waals surface area contributed by atoms with Crippen LogP contribution in [-0.4, -0.2) is 49.9 Å². The average Bonchev–Trinajstić information content (AvgIpc) is 2.46. The van der Waals surface area contributed by atoms with Gasteiger partial charge in [0.05, 0.1) is 25.5 Å². The smallest absolute Gasteiger partial charge is 0.337 e. The third-order valence-electron chi connectivity index (χ3n) is 2.59. The summed E-state index contributed by atoms with van der Waals surface area (Å²) in [6.45, 7) is 0.489. The molecule has 0 aromatic heterocycles. The third-order valence-corrected chi connectivity index (χ3v) is 3.21. The summed E-state index contributed by atoms with van der Waals surface area (Å²) >= 11 is 1.60. The Morgan fingerprint density at radius 3 is 2.38 bits per heavy atom. The molecule has 116 valence electrons. The zero-order valence-electron chi connectivity index (χ0n) is 12.1. The van der Waals surface area contributed by atoms with Gasteiger partial charge in [0, 0.05) is 24.4 Å². The van der Waals surface area contributed by atoms with Crippen LogP contribution in [-0.2, 0) is 0 Å². The van der Waals surface area contributed by atoms with Gasteiger partial charge in [0.25, 0.3) is 0 Å². The van der Waals surface area contributed by atoms with Crippen LogP contribution in [0.2, 0.25) is 0 Å². The quantitative estimate of drug-likeness (QED) is 0.665. The number of hydrogen-bond donors (Lipinski definition) is 3. The van der Waals surface area contributed by atoms with Gasteiger partial charge in [-0.1, -0.05) is 0 Å². The summed E-state index contributed by atoms with van der Waals surface area (Å²) < 4.78 is 10.1. The molecule has 0 aliphatic heterocycles. The topological polar surface area (TPSA) is 96.9 Å². The van der Waals surface area contributed by atoms with Gasteiger partial charge >= 0.3 is 12.0 Å². The van der Waals surface area contributed by atoms with Crippen LogP contribution in [0.15, 0.2) is 12.1 Å². The van der Waals surface area contributed by atoms with Crippen molar-refractivity contribution in [2.24, 2.45) is 0 Å². The van der Waals surface area contributed by atoms with Crippen molar-refractivity contribution in [3.63, 3.8) is 0 Å². The van der Waals surface area contributed by atoms with Crippen molar-refractivity contribution in [3.8, 4) is 11.5 Å². The monoisotopic (exact) mass is 314 g/mol. The lowest BCUT2D eigenvalue weighted by Crippen LogP contribution is -2.31. The largest absolute Gasteiger partial charge is 0.493 e. The first-order valence-electron chi connectivity index (χ1n) is 6.06. The molecular weight excluding hydrogens is 296 g/mol. The Morgan fingerprint density at radius 1 is 1.24 bits per heavy atom. The van der Waals surface area contributed by atoms with Crippen molar-refractivity contribution in [1.29, 1.82) is 0 Å². The molecule has 8 heteroatoms. The van der Waals surface area contributed by atoms with E-state index in [1.165, 1.54) is 26.4 Å². The van der Waals surface area contributed by atoms with Crippen molar-refractivity contribution < 1.29 is 24.2 Å². The van der Waals surface area contributed by atoms with Crippen LogP contribution >= 0.6 is 11.8 Å². The minimum Gasteiger partial charge on any atom is -0.493 e. The van der Waals surface area contributed by atoms with E-state index in [0.717, 1.165) is 5.75 Å². The zero-order valence-corrected chi connectivity index (χ0v) is 12.9. The van der Waals surface area contributed by atoms with Gasteiger partial charge in [0.2, 0.25) is 0 Å². The fourth-order valence-electron chi connectivity index (χ4n) is 1.59. The first-order chi connectivity index (χ1) is 10.0. The molecule has 0 saturated heterocycles. The molecular formula is C13H18N2O5S. The molecule has 3 N–H and O–H groups in total. The van der Waals surface area contributed by atoms with E-state index in [4.69, 9.17) is 9.47 Å². The highest BCUT2D eigenvalue weighted by Gasteiger charge is 2.17. The summed E-state index contributed by atoms with van der Waals surface area (Å²) in [6.07, 6.45) is 1.93. The molecule has 1 rings (SSSR count). The molecule has 0 bridgehead atoms. The number of amides is 2. The summed E-state index contributed by atoms with van der Waals surface area (Å²) in [4.78, 5) is 23.0. The van der Waals surface area contributed by atoms with Crippen LogP contribution in [0, 0.1) is 0 Å². The minimum absolute atomic E-state index is 0.0762. The van der Waals surface area contributed by atoms with E-state index in [1.54, 1.807) is 11.8 Å². The van der Waals surface area contributed by atoms with E-state index in [9.17, 15) is 14.7 Å². The number of carboxylic acids is 1. The van der Waals surface area contributed by atoms with Crippen molar-refractivity contribution in [3.05, 3.63) is 17.7 Å². The Labute approximate surface area is 127 Å². The van der Waals surface area contributed by atoms with Crippen LogP contribution in [0.5, 0.6) is 11.5 Å². The van der Waals surface area contributed by atoms with Gasteiger partial charge < -0.3 is 25.2 Å². The Bertz CT molecular complexity index is 522. The molecule has 0 fully saturated rings. The van der Waals surface area contributed by atoms with E-state index in [2.05, 4.69) is 10.6 Å². The second kappa shape index (κ2) is 8.25. The number of ether oxygens (including phenoxy) is 2. The van der Waals surface area contributed by atoms with Gasteiger partial charge in [-0.3, -0.25) is 0 Å². The number of carbonyl (C=O) groups is 2. The zero-order chi connectivity index (χ0) is 15.8. The number of thioether (sulfide) groups is 1. The molecule has 0 heterocycles. The molecule has 0 aliphatic rings. The number of urea groups is 1. The molecule has 0 saturated carbocycles. The maximum atomic E-state index is 11.7. The number of nitrogens with one attached hydrogen (secondary N) is 2. The maximum absolute atomic E-state index is 11.7. The second-order valence-electron chi connectivity index (χ2n) is 3.93. The van der Waals surface area contributed by atoms with E-state index in [-0.39, 0.29) is 17.0 Å². The Morgan fingerprint density at radius 2 is 1.86 bits per heavy atom.